The Morgan fingerprint density at radius 2 is 1.16 bits per heavy atom. The van der Waals surface area contributed by atoms with Crippen LogP contribution in [0.5, 0.6) is 0 Å². The van der Waals surface area contributed by atoms with Gasteiger partial charge in [0.05, 0.1) is 13.1 Å². The van der Waals surface area contributed by atoms with Crippen LogP contribution in [-0.2, 0) is 23.2 Å². The number of alkyl halides is 9. The highest BCUT2D eigenvalue weighted by atomic mass is 32.2. The summed E-state index contributed by atoms with van der Waals surface area (Å²) in [4.78, 5) is 0. The minimum absolute atomic E-state index is 1.18. The highest BCUT2D eigenvalue weighted by Gasteiger charge is 2.83. The molecule has 1 aromatic heterocycles. The van der Waals surface area contributed by atoms with E-state index in [0.717, 1.165) is 0 Å². The molecule has 1 rings (SSSR count). The SMILES string of the molecule is CCCCCCCCCCCn1cc[n+](CCCCC)c1.O=S(=O)([O-])C(F)(F)C(F)(F)C(F)(F)C(F)(F)F. The van der Waals surface area contributed by atoms with Crippen molar-refractivity contribution in [1.29, 1.82) is 0 Å². The van der Waals surface area contributed by atoms with Gasteiger partial charge in [0, 0.05) is 0 Å². The van der Waals surface area contributed by atoms with Crippen molar-refractivity contribution in [3.63, 3.8) is 0 Å². The molecule has 0 N–H and O–H groups in total. The molecule has 38 heavy (non-hydrogen) atoms. The second kappa shape index (κ2) is 15.9. The van der Waals surface area contributed by atoms with E-state index in [0.29, 0.717) is 0 Å². The van der Waals surface area contributed by atoms with Crippen molar-refractivity contribution in [2.75, 3.05) is 0 Å². The molecule has 226 valence electrons. The van der Waals surface area contributed by atoms with Gasteiger partial charge in [-0.1, -0.05) is 65.2 Å². The van der Waals surface area contributed by atoms with Gasteiger partial charge in [0.15, 0.2) is 10.1 Å². The maximum absolute atomic E-state index is 12.2. The molecule has 0 saturated carbocycles. The average molecular weight is 593 g/mol. The summed E-state index contributed by atoms with van der Waals surface area (Å²) >= 11 is 0. The fourth-order valence-electron chi connectivity index (χ4n) is 3.37. The van der Waals surface area contributed by atoms with E-state index in [1.807, 2.05) is 0 Å². The van der Waals surface area contributed by atoms with Crippen LogP contribution in [-0.4, -0.2) is 40.8 Å². The lowest BCUT2D eigenvalue weighted by molar-refractivity contribution is -0.696. The van der Waals surface area contributed by atoms with Crippen molar-refractivity contribution >= 4 is 10.1 Å². The first-order valence-corrected chi connectivity index (χ1v) is 14.0. The van der Waals surface area contributed by atoms with Crippen LogP contribution in [0.15, 0.2) is 18.7 Å². The molecule has 0 fully saturated rings. The molecule has 1 heterocycles. The first-order chi connectivity index (χ1) is 17.4. The number of hydrogen-bond acceptors (Lipinski definition) is 3. The van der Waals surface area contributed by atoms with Crippen molar-refractivity contribution in [3.8, 4) is 0 Å². The van der Waals surface area contributed by atoms with Crippen molar-refractivity contribution in [1.82, 2.24) is 4.57 Å². The Hall–Kier alpha value is -1.51. The summed E-state index contributed by atoms with van der Waals surface area (Å²) in [5.74, 6) is -14.8. The summed E-state index contributed by atoms with van der Waals surface area (Å²) in [6, 6.07) is 0. The molecule has 0 spiro atoms. The van der Waals surface area contributed by atoms with E-state index in [2.05, 4.69) is 41.7 Å². The molecule has 0 aliphatic carbocycles. The number of rotatable bonds is 17. The van der Waals surface area contributed by atoms with Gasteiger partial charge in [0.1, 0.15) is 12.4 Å². The second-order valence-electron chi connectivity index (χ2n) is 9.04. The molecule has 0 aliphatic heterocycles. The maximum Gasteiger partial charge on any atom is 0.460 e. The van der Waals surface area contributed by atoms with Crippen molar-refractivity contribution in [3.05, 3.63) is 18.7 Å². The number of imidazole rings is 1. The molecular weight excluding hydrogens is 555 g/mol. The molecular formula is C23H37F9N2O3S. The molecule has 5 nitrogen and oxygen atoms in total. The molecule has 1 aromatic rings. The number of unbranched alkanes of at least 4 members (excludes halogenated alkanes) is 10. The van der Waals surface area contributed by atoms with E-state index >= 15 is 0 Å². The van der Waals surface area contributed by atoms with E-state index in [-0.39, 0.29) is 0 Å². The lowest BCUT2D eigenvalue weighted by Crippen LogP contribution is -2.63. The molecule has 0 aromatic carbocycles. The molecule has 0 aliphatic rings. The van der Waals surface area contributed by atoms with Crippen molar-refractivity contribution < 1.29 is 57.1 Å². The first kappa shape index (κ1) is 36.5. The monoisotopic (exact) mass is 592 g/mol. The minimum atomic E-state index is -7.43. The third kappa shape index (κ3) is 10.9. The van der Waals surface area contributed by atoms with E-state index in [1.54, 1.807) is 0 Å². The van der Waals surface area contributed by atoms with E-state index in [9.17, 15) is 52.5 Å². The van der Waals surface area contributed by atoms with E-state index in [1.165, 1.54) is 90.1 Å². The standard InChI is InChI=1S/C19H37N2.C4HF9O3S/c1-3-5-7-8-9-10-11-12-14-16-21-18-17-20(19-21)15-13-6-4-2;5-1(6,3(9,10)11)2(7,8)4(12,13)17(14,15)16/h17-19H,3-16H2,1-2H3;(H,14,15,16)/q+1;/p-1. The van der Waals surface area contributed by atoms with Crippen molar-refractivity contribution in [2.45, 2.75) is 127 Å². The van der Waals surface area contributed by atoms with Crippen LogP contribution in [0.4, 0.5) is 39.5 Å². The Kier molecular flexibility index (Phi) is 15.3. The zero-order valence-corrected chi connectivity index (χ0v) is 22.4. The van der Waals surface area contributed by atoms with E-state index < -0.39 is 33.4 Å². The quantitative estimate of drug-likeness (QED) is 0.0817. The Balaban J connectivity index is 0.000000739. The van der Waals surface area contributed by atoms with Crippen LogP contribution in [0.25, 0.3) is 0 Å². The lowest BCUT2D eigenvalue weighted by Gasteiger charge is -2.34. The molecule has 0 radical (unpaired) electrons. The summed E-state index contributed by atoms with van der Waals surface area (Å²) in [5, 5.41) is -7.11. The number of aryl methyl sites for hydroxylation is 2. The third-order valence-corrected chi connectivity index (χ3v) is 6.60. The van der Waals surface area contributed by atoms with Crippen LogP contribution in [0.2, 0.25) is 0 Å². The molecule has 0 amide bonds. The molecule has 0 atom stereocenters. The minimum Gasteiger partial charge on any atom is -0.743 e. The Bertz CT molecular complexity index is 889. The van der Waals surface area contributed by atoms with Crippen LogP contribution < -0.4 is 4.57 Å². The van der Waals surface area contributed by atoms with Crippen LogP contribution in [0, 0.1) is 0 Å². The van der Waals surface area contributed by atoms with E-state index in [4.69, 9.17) is 0 Å². The smallest absolute Gasteiger partial charge is 0.460 e. The maximum atomic E-state index is 12.2. The lowest BCUT2D eigenvalue weighted by atomic mass is 10.1. The Labute approximate surface area is 218 Å². The van der Waals surface area contributed by atoms with Gasteiger partial charge in [0.25, 0.3) is 0 Å². The van der Waals surface area contributed by atoms with Gasteiger partial charge < -0.3 is 4.55 Å². The molecule has 0 bridgehead atoms. The molecule has 0 saturated heterocycles. The first-order valence-electron chi connectivity index (χ1n) is 12.6. The largest absolute Gasteiger partial charge is 0.743 e. The van der Waals surface area contributed by atoms with Gasteiger partial charge >= 0.3 is 23.3 Å². The fraction of sp³-hybridized carbons (Fsp3) is 0.870. The van der Waals surface area contributed by atoms with Gasteiger partial charge in [-0.3, -0.25) is 0 Å². The molecule has 0 unspecified atom stereocenters. The zero-order chi connectivity index (χ0) is 29.7. The summed E-state index contributed by atoms with van der Waals surface area (Å²) in [6.45, 7) is 6.92. The number of nitrogens with zero attached hydrogens (tertiary/aromatic N) is 2. The van der Waals surface area contributed by atoms with Gasteiger partial charge in [-0.2, -0.15) is 39.5 Å². The Morgan fingerprint density at radius 3 is 1.61 bits per heavy atom. The normalized spacial score (nSPS) is 13.4. The van der Waals surface area contributed by atoms with Crippen molar-refractivity contribution in [2.24, 2.45) is 0 Å². The number of hydrogen-bond donors (Lipinski definition) is 0. The summed E-state index contributed by atoms with van der Waals surface area (Å²) in [7, 11) is -7.42. The van der Waals surface area contributed by atoms with Gasteiger partial charge in [-0.05, 0) is 25.7 Å². The zero-order valence-electron chi connectivity index (χ0n) is 21.6. The topological polar surface area (TPSA) is 66.0 Å². The van der Waals surface area contributed by atoms with Crippen LogP contribution >= 0.6 is 0 Å². The Morgan fingerprint density at radius 1 is 0.711 bits per heavy atom. The number of halogens is 9. The summed E-state index contributed by atoms with van der Waals surface area (Å²) < 4.78 is 140. The van der Waals surface area contributed by atoms with Gasteiger partial charge in [0.2, 0.25) is 6.33 Å². The van der Waals surface area contributed by atoms with Gasteiger partial charge in [-0.25, -0.2) is 17.6 Å². The highest BCUT2D eigenvalue weighted by Crippen LogP contribution is 2.54. The predicted molar refractivity (Wildman–Crippen MR) is 122 cm³/mol. The predicted octanol–water partition coefficient (Wildman–Crippen LogP) is 7.45. The third-order valence-electron chi connectivity index (χ3n) is 5.72. The highest BCUT2D eigenvalue weighted by molar-refractivity contribution is 7.86. The van der Waals surface area contributed by atoms with Crippen LogP contribution in [0.3, 0.4) is 0 Å². The number of aromatic nitrogens is 2. The fourth-order valence-corrected chi connectivity index (χ4v) is 3.81. The second-order valence-corrected chi connectivity index (χ2v) is 10.5. The molecule has 15 heteroatoms. The average Bonchev–Trinajstić information content (AvgIpc) is 3.24. The summed E-state index contributed by atoms with van der Waals surface area (Å²) in [6.07, 6.45) is 16.2. The van der Waals surface area contributed by atoms with Gasteiger partial charge in [-0.15, -0.1) is 0 Å². The van der Waals surface area contributed by atoms with Crippen LogP contribution in [0.1, 0.15) is 90.9 Å². The summed E-state index contributed by atoms with van der Waals surface area (Å²) in [5.41, 5.74) is 0.